The number of benzene rings is 1. The molecule has 0 aliphatic heterocycles. The van der Waals surface area contributed by atoms with E-state index in [9.17, 15) is 9.59 Å². The fourth-order valence-corrected chi connectivity index (χ4v) is 3.47. The topological polar surface area (TPSA) is 68.4 Å². The largest absolute Gasteiger partial charge is 0.497 e. The van der Waals surface area contributed by atoms with E-state index in [1.54, 1.807) is 7.11 Å². The molecule has 1 N–H and O–H groups in total. The number of hydrogen-bond acceptors (Lipinski definition) is 4. The Morgan fingerprint density at radius 2 is 1.96 bits per heavy atom. The van der Waals surface area contributed by atoms with Crippen molar-refractivity contribution in [2.45, 2.75) is 52.1 Å². The lowest BCUT2D eigenvalue weighted by Gasteiger charge is -2.22. The number of methoxy groups -OCH3 is 1. The number of nitrogens with one attached hydrogen (secondary N) is 1. The number of fused-ring (bicyclic) bond motifs is 1. The summed E-state index contributed by atoms with van der Waals surface area (Å²) in [6, 6.07) is 7.81. The molecule has 1 aromatic carbocycles. The van der Waals surface area contributed by atoms with Gasteiger partial charge in [0.1, 0.15) is 11.4 Å². The molecule has 0 unspecified atom stereocenters. The fraction of sp³-hybridized carbons (Fsp3) is 0.429. The number of carbonyl (C=O) groups is 2. The molecule has 0 saturated heterocycles. The van der Waals surface area contributed by atoms with Gasteiger partial charge in [-0.3, -0.25) is 4.79 Å². The highest BCUT2D eigenvalue weighted by Gasteiger charge is 2.32. The van der Waals surface area contributed by atoms with E-state index in [1.165, 1.54) is 0 Å². The zero-order valence-corrected chi connectivity index (χ0v) is 15.7. The highest BCUT2D eigenvalue weighted by molar-refractivity contribution is 6.03. The maximum absolute atomic E-state index is 12.7. The molecule has 138 valence electrons. The summed E-state index contributed by atoms with van der Waals surface area (Å²) in [6.07, 6.45) is 1.75. The molecule has 0 spiro atoms. The molecular weight excluding hydrogens is 330 g/mol. The Bertz CT molecular complexity index is 819. The Balaban J connectivity index is 1.87. The molecule has 0 fully saturated rings. The molecule has 0 amide bonds. The van der Waals surface area contributed by atoms with Crippen molar-refractivity contribution in [3.05, 3.63) is 52.3 Å². The van der Waals surface area contributed by atoms with Gasteiger partial charge in [0, 0.05) is 17.7 Å². The number of aromatic amines is 1. The Labute approximate surface area is 153 Å². The van der Waals surface area contributed by atoms with Gasteiger partial charge in [-0.2, -0.15) is 0 Å². The molecule has 0 saturated carbocycles. The number of ketones is 1. The van der Waals surface area contributed by atoms with Gasteiger partial charge in [0.15, 0.2) is 5.78 Å². The van der Waals surface area contributed by atoms with E-state index in [1.807, 2.05) is 45.0 Å². The van der Waals surface area contributed by atoms with Crippen LogP contribution in [0.15, 0.2) is 24.3 Å². The van der Waals surface area contributed by atoms with Gasteiger partial charge < -0.3 is 14.5 Å². The fourth-order valence-electron chi connectivity index (χ4n) is 3.47. The maximum atomic E-state index is 12.7. The molecule has 26 heavy (non-hydrogen) atoms. The summed E-state index contributed by atoms with van der Waals surface area (Å²) in [5, 5.41) is 0. The molecule has 1 aliphatic carbocycles. The van der Waals surface area contributed by atoms with E-state index < -0.39 is 0 Å². The summed E-state index contributed by atoms with van der Waals surface area (Å²) in [6.45, 7) is 5.64. The number of esters is 1. The summed E-state index contributed by atoms with van der Waals surface area (Å²) in [7, 11) is 1.63. The molecular formula is C21H25NO4. The third kappa shape index (κ3) is 3.39. The molecule has 5 heteroatoms. The normalized spacial score (nSPS) is 17.5. The van der Waals surface area contributed by atoms with Crippen molar-refractivity contribution in [1.82, 2.24) is 4.98 Å². The Morgan fingerprint density at radius 3 is 2.58 bits per heavy atom. The predicted octanol–water partition coefficient (Wildman–Crippen LogP) is 4.20. The second-order valence-corrected chi connectivity index (χ2v) is 6.90. The first-order chi connectivity index (χ1) is 12.4. The second-order valence-electron chi connectivity index (χ2n) is 6.90. The lowest BCUT2D eigenvalue weighted by Crippen LogP contribution is -2.18. The lowest BCUT2D eigenvalue weighted by molar-refractivity contribution is 0.0327. The number of rotatable bonds is 5. The van der Waals surface area contributed by atoms with Crippen LogP contribution < -0.4 is 4.74 Å². The van der Waals surface area contributed by atoms with Crippen molar-refractivity contribution in [2.24, 2.45) is 0 Å². The first-order valence-corrected chi connectivity index (χ1v) is 9.04. The molecule has 0 radical (unpaired) electrons. The van der Waals surface area contributed by atoms with Crippen molar-refractivity contribution >= 4 is 11.8 Å². The number of ether oxygens (including phenoxy) is 2. The molecule has 1 aromatic heterocycles. The van der Waals surface area contributed by atoms with E-state index in [2.05, 4.69) is 4.98 Å². The molecule has 2 aromatic rings. The lowest BCUT2D eigenvalue weighted by atomic mass is 9.81. The average molecular weight is 355 g/mol. The maximum Gasteiger partial charge on any atom is 0.355 e. The van der Waals surface area contributed by atoms with Gasteiger partial charge >= 0.3 is 5.97 Å². The van der Waals surface area contributed by atoms with Crippen LogP contribution in [0.4, 0.5) is 0 Å². The smallest absolute Gasteiger partial charge is 0.355 e. The van der Waals surface area contributed by atoms with Crippen LogP contribution in [0.2, 0.25) is 0 Å². The monoisotopic (exact) mass is 355 g/mol. The van der Waals surface area contributed by atoms with Crippen molar-refractivity contribution in [2.75, 3.05) is 7.11 Å². The quantitative estimate of drug-likeness (QED) is 0.816. The van der Waals surface area contributed by atoms with Crippen LogP contribution in [-0.4, -0.2) is 30.0 Å². The number of H-pyrrole nitrogens is 1. The molecule has 3 rings (SSSR count). The first-order valence-electron chi connectivity index (χ1n) is 9.04. The Morgan fingerprint density at radius 1 is 1.27 bits per heavy atom. The zero-order chi connectivity index (χ0) is 18.8. The SMILES string of the molecule is CC[C@H](C)OC(=O)c1[nH]c2c(c1C)C(=O)C[C@@H](c1ccc(OC)cc1)C2. The predicted molar refractivity (Wildman–Crippen MR) is 99.1 cm³/mol. The third-order valence-corrected chi connectivity index (χ3v) is 5.16. The molecule has 2 atom stereocenters. The Hall–Kier alpha value is -2.56. The van der Waals surface area contributed by atoms with E-state index in [0.717, 1.165) is 23.4 Å². The van der Waals surface area contributed by atoms with Gasteiger partial charge in [-0.1, -0.05) is 19.1 Å². The first kappa shape index (κ1) is 18.2. The van der Waals surface area contributed by atoms with Crippen LogP contribution in [0.5, 0.6) is 5.75 Å². The van der Waals surface area contributed by atoms with Gasteiger partial charge in [0.05, 0.1) is 13.2 Å². The minimum absolute atomic E-state index is 0.0726. The number of Topliss-reactive ketones (excluding diaryl/α,β-unsaturated/α-hetero) is 1. The zero-order valence-electron chi connectivity index (χ0n) is 15.7. The summed E-state index contributed by atoms with van der Waals surface area (Å²) in [5.41, 5.74) is 3.69. The number of aromatic nitrogens is 1. The van der Waals surface area contributed by atoms with Crippen molar-refractivity contribution in [3.63, 3.8) is 0 Å². The van der Waals surface area contributed by atoms with E-state index >= 15 is 0 Å². The standard InChI is InChI=1S/C21H25NO4/c1-5-12(2)26-21(24)20-13(3)19-17(22-20)10-15(11-18(19)23)14-6-8-16(25-4)9-7-14/h6-9,12,15,22H,5,10-11H2,1-4H3/t12-,15-/m0/s1. The summed E-state index contributed by atoms with van der Waals surface area (Å²) in [5.74, 6) is 0.572. The molecule has 1 heterocycles. The van der Waals surface area contributed by atoms with E-state index in [-0.39, 0.29) is 23.8 Å². The minimum atomic E-state index is -0.389. The summed E-state index contributed by atoms with van der Waals surface area (Å²) < 4.78 is 10.6. The molecule has 5 nitrogen and oxygen atoms in total. The van der Waals surface area contributed by atoms with Crippen LogP contribution in [0.1, 0.15) is 70.3 Å². The third-order valence-electron chi connectivity index (χ3n) is 5.16. The molecule has 1 aliphatic rings. The average Bonchev–Trinajstić information content (AvgIpc) is 2.98. The van der Waals surface area contributed by atoms with Crippen molar-refractivity contribution in [3.8, 4) is 5.75 Å². The van der Waals surface area contributed by atoms with E-state index in [4.69, 9.17) is 9.47 Å². The Kier molecular flexibility index (Phi) is 5.16. The van der Waals surface area contributed by atoms with Crippen LogP contribution in [0, 0.1) is 6.92 Å². The van der Waals surface area contributed by atoms with Gasteiger partial charge in [-0.25, -0.2) is 4.79 Å². The highest BCUT2D eigenvalue weighted by atomic mass is 16.5. The van der Waals surface area contributed by atoms with Crippen molar-refractivity contribution in [1.29, 1.82) is 0 Å². The van der Waals surface area contributed by atoms with Crippen LogP contribution in [0.25, 0.3) is 0 Å². The van der Waals surface area contributed by atoms with Gasteiger partial charge in [-0.05, 0) is 55.9 Å². The highest BCUT2D eigenvalue weighted by Crippen LogP contribution is 2.35. The molecule has 0 bridgehead atoms. The summed E-state index contributed by atoms with van der Waals surface area (Å²) >= 11 is 0. The van der Waals surface area contributed by atoms with Gasteiger partial charge in [-0.15, -0.1) is 0 Å². The minimum Gasteiger partial charge on any atom is -0.497 e. The van der Waals surface area contributed by atoms with Gasteiger partial charge in [0.2, 0.25) is 0 Å². The second kappa shape index (κ2) is 7.36. The van der Waals surface area contributed by atoms with E-state index in [0.29, 0.717) is 29.7 Å². The van der Waals surface area contributed by atoms with Crippen LogP contribution >= 0.6 is 0 Å². The van der Waals surface area contributed by atoms with Crippen molar-refractivity contribution < 1.29 is 19.1 Å². The number of hydrogen-bond donors (Lipinski definition) is 1. The van der Waals surface area contributed by atoms with Crippen LogP contribution in [-0.2, 0) is 11.2 Å². The summed E-state index contributed by atoms with van der Waals surface area (Å²) in [4.78, 5) is 28.3. The van der Waals surface area contributed by atoms with Crippen LogP contribution in [0.3, 0.4) is 0 Å². The van der Waals surface area contributed by atoms with Gasteiger partial charge in [0.25, 0.3) is 0 Å². The number of carbonyl (C=O) groups excluding carboxylic acids is 2.